The second-order valence-electron chi connectivity index (χ2n) is 2.87. The second kappa shape index (κ2) is 3.52. The van der Waals surface area contributed by atoms with Crippen molar-refractivity contribution in [1.29, 1.82) is 0 Å². The van der Waals surface area contributed by atoms with Gasteiger partial charge in [0, 0.05) is 12.6 Å². The van der Waals surface area contributed by atoms with Gasteiger partial charge in [-0.3, -0.25) is 5.10 Å². The first-order valence-corrected chi connectivity index (χ1v) is 4.39. The average Bonchev–Trinajstić information content (AvgIpc) is 2.85. The van der Waals surface area contributed by atoms with E-state index in [9.17, 15) is 4.79 Å². The van der Waals surface area contributed by atoms with Gasteiger partial charge >= 0.3 is 5.97 Å². The van der Waals surface area contributed by atoms with Crippen LogP contribution < -0.4 is 0 Å². The first-order valence-electron chi connectivity index (χ1n) is 4.39. The highest BCUT2D eigenvalue weighted by Gasteiger charge is 2.13. The van der Waals surface area contributed by atoms with E-state index in [2.05, 4.69) is 20.3 Å². The summed E-state index contributed by atoms with van der Waals surface area (Å²) in [6.45, 7) is 2.58. The summed E-state index contributed by atoms with van der Waals surface area (Å²) in [5, 5.41) is 19.0. The molecule has 0 bridgehead atoms. The summed E-state index contributed by atoms with van der Waals surface area (Å²) in [6, 6.07) is 1.43. The van der Waals surface area contributed by atoms with Crippen LogP contribution in [0, 0.1) is 0 Å². The number of aryl methyl sites for hydroxylation is 1. The third kappa shape index (κ3) is 1.58. The van der Waals surface area contributed by atoms with E-state index in [1.165, 1.54) is 12.4 Å². The molecule has 0 aliphatic carbocycles. The van der Waals surface area contributed by atoms with Crippen LogP contribution in [0.15, 0.2) is 12.4 Å². The summed E-state index contributed by atoms with van der Waals surface area (Å²) in [5.41, 5.74) is 0.516. The minimum atomic E-state index is -1.05. The van der Waals surface area contributed by atoms with E-state index in [4.69, 9.17) is 5.11 Å². The molecule has 0 aromatic carbocycles. The van der Waals surface area contributed by atoms with Gasteiger partial charge in [-0.25, -0.2) is 14.5 Å². The number of H-pyrrole nitrogens is 1. The Labute approximate surface area is 84.8 Å². The lowest BCUT2D eigenvalue weighted by atomic mass is 10.3. The minimum absolute atomic E-state index is 0.0376. The van der Waals surface area contributed by atoms with Gasteiger partial charge in [-0.15, -0.1) is 0 Å². The maximum Gasteiger partial charge on any atom is 0.353 e. The number of aromatic nitrogens is 5. The lowest BCUT2D eigenvalue weighted by molar-refractivity contribution is 0.0690. The summed E-state index contributed by atoms with van der Waals surface area (Å²) in [6.07, 6.45) is 1.41. The van der Waals surface area contributed by atoms with Crippen molar-refractivity contribution in [2.75, 3.05) is 0 Å². The van der Waals surface area contributed by atoms with E-state index in [1.807, 2.05) is 6.92 Å². The van der Waals surface area contributed by atoms with Crippen LogP contribution >= 0.6 is 0 Å². The third-order valence-corrected chi connectivity index (χ3v) is 1.95. The number of rotatable bonds is 3. The van der Waals surface area contributed by atoms with Crippen LogP contribution in [0.25, 0.3) is 11.5 Å². The molecule has 0 radical (unpaired) electrons. The molecule has 7 nitrogen and oxygen atoms in total. The largest absolute Gasteiger partial charge is 0.477 e. The van der Waals surface area contributed by atoms with Gasteiger partial charge in [0.05, 0.1) is 0 Å². The van der Waals surface area contributed by atoms with Crippen molar-refractivity contribution in [3.05, 3.63) is 18.1 Å². The molecule has 2 N–H and O–H groups in total. The summed E-state index contributed by atoms with van der Waals surface area (Å²) < 4.78 is 1.64. The van der Waals surface area contributed by atoms with Crippen LogP contribution in [-0.4, -0.2) is 36.0 Å². The van der Waals surface area contributed by atoms with Crippen molar-refractivity contribution in [3.8, 4) is 11.5 Å². The molecule has 7 heteroatoms. The van der Waals surface area contributed by atoms with Gasteiger partial charge in [0.1, 0.15) is 17.7 Å². The normalized spacial score (nSPS) is 10.5. The van der Waals surface area contributed by atoms with E-state index in [0.29, 0.717) is 18.1 Å². The number of aromatic amines is 1. The number of hydrogen-bond donors (Lipinski definition) is 2. The fourth-order valence-corrected chi connectivity index (χ4v) is 1.24. The quantitative estimate of drug-likeness (QED) is 0.758. The maximum absolute atomic E-state index is 10.6. The number of aromatic carboxylic acids is 1. The first kappa shape index (κ1) is 9.38. The monoisotopic (exact) mass is 207 g/mol. The van der Waals surface area contributed by atoms with E-state index in [-0.39, 0.29) is 5.69 Å². The van der Waals surface area contributed by atoms with Gasteiger partial charge in [-0.2, -0.15) is 10.2 Å². The van der Waals surface area contributed by atoms with Crippen molar-refractivity contribution < 1.29 is 9.90 Å². The Kier molecular flexibility index (Phi) is 2.20. The standard InChI is InChI=1S/C8H9N5O2/c1-2-13-7(9-4-10-13)5-3-6(8(14)15)12-11-5/h3-4H,2H2,1H3,(H,11,12)(H,14,15). The Bertz CT molecular complexity index is 487. The molecule has 15 heavy (non-hydrogen) atoms. The molecule has 0 saturated heterocycles. The fraction of sp³-hybridized carbons (Fsp3) is 0.250. The average molecular weight is 207 g/mol. The molecule has 0 spiro atoms. The van der Waals surface area contributed by atoms with Crippen molar-refractivity contribution in [1.82, 2.24) is 25.0 Å². The lowest BCUT2D eigenvalue weighted by Crippen LogP contribution is -1.99. The van der Waals surface area contributed by atoms with E-state index >= 15 is 0 Å². The number of carboxylic acid groups (broad SMARTS) is 1. The molecule has 2 heterocycles. The molecule has 0 unspecified atom stereocenters. The van der Waals surface area contributed by atoms with Gasteiger partial charge in [-0.05, 0) is 6.92 Å². The van der Waals surface area contributed by atoms with Crippen LogP contribution in [-0.2, 0) is 6.54 Å². The lowest BCUT2D eigenvalue weighted by Gasteiger charge is -1.97. The fourth-order valence-electron chi connectivity index (χ4n) is 1.24. The van der Waals surface area contributed by atoms with E-state index < -0.39 is 5.97 Å². The van der Waals surface area contributed by atoms with Crippen molar-refractivity contribution >= 4 is 5.97 Å². The number of hydrogen-bond acceptors (Lipinski definition) is 4. The van der Waals surface area contributed by atoms with Crippen molar-refractivity contribution in [2.45, 2.75) is 13.5 Å². The zero-order valence-corrected chi connectivity index (χ0v) is 8.01. The van der Waals surface area contributed by atoms with Gasteiger partial charge < -0.3 is 5.11 Å². The number of carboxylic acids is 1. The molecule has 78 valence electrons. The predicted octanol–water partition coefficient (Wildman–Crippen LogP) is 0.386. The Morgan fingerprint density at radius 3 is 3.07 bits per heavy atom. The Morgan fingerprint density at radius 2 is 2.47 bits per heavy atom. The van der Waals surface area contributed by atoms with Gasteiger partial charge in [0.15, 0.2) is 5.82 Å². The first-order chi connectivity index (χ1) is 7.22. The molecular weight excluding hydrogens is 198 g/mol. The molecule has 2 rings (SSSR count). The summed E-state index contributed by atoms with van der Waals surface area (Å²) in [7, 11) is 0. The Morgan fingerprint density at radius 1 is 1.67 bits per heavy atom. The summed E-state index contributed by atoms with van der Waals surface area (Å²) in [5.74, 6) is -0.488. The highest BCUT2D eigenvalue weighted by atomic mass is 16.4. The Balaban J connectivity index is 2.41. The van der Waals surface area contributed by atoms with Crippen LogP contribution in [0.2, 0.25) is 0 Å². The number of carbonyl (C=O) groups is 1. The minimum Gasteiger partial charge on any atom is -0.477 e. The highest BCUT2D eigenvalue weighted by molar-refractivity contribution is 5.86. The molecule has 0 atom stereocenters. The predicted molar refractivity (Wildman–Crippen MR) is 50.2 cm³/mol. The second-order valence-corrected chi connectivity index (χ2v) is 2.87. The molecule has 2 aromatic rings. The molecule has 0 aliphatic rings. The van der Waals surface area contributed by atoms with Gasteiger partial charge in [-0.1, -0.05) is 0 Å². The maximum atomic E-state index is 10.6. The van der Waals surface area contributed by atoms with Gasteiger partial charge in [0.25, 0.3) is 0 Å². The molecule has 0 amide bonds. The van der Waals surface area contributed by atoms with Crippen LogP contribution in [0.5, 0.6) is 0 Å². The molecule has 0 fully saturated rings. The zero-order chi connectivity index (χ0) is 10.8. The van der Waals surface area contributed by atoms with E-state index in [1.54, 1.807) is 4.68 Å². The molecular formula is C8H9N5O2. The topological polar surface area (TPSA) is 96.7 Å². The highest BCUT2D eigenvalue weighted by Crippen LogP contribution is 2.14. The number of nitrogens with zero attached hydrogens (tertiary/aromatic N) is 4. The molecule has 0 saturated carbocycles. The zero-order valence-electron chi connectivity index (χ0n) is 8.01. The number of nitrogens with one attached hydrogen (secondary N) is 1. The van der Waals surface area contributed by atoms with Crippen molar-refractivity contribution in [2.24, 2.45) is 0 Å². The third-order valence-electron chi connectivity index (χ3n) is 1.95. The van der Waals surface area contributed by atoms with Gasteiger partial charge in [0.2, 0.25) is 0 Å². The van der Waals surface area contributed by atoms with Crippen LogP contribution in [0.3, 0.4) is 0 Å². The summed E-state index contributed by atoms with van der Waals surface area (Å²) >= 11 is 0. The summed E-state index contributed by atoms with van der Waals surface area (Å²) in [4.78, 5) is 14.6. The molecule has 0 aliphatic heterocycles. The smallest absolute Gasteiger partial charge is 0.353 e. The SMILES string of the molecule is CCn1ncnc1-c1cc(C(=O)O)[nH]n1. The molecule has 2 aromatic heterocycles. The van der Waals surface area contributed by atoms with Crippen LogP contribution in [0.4, 0.5) is 0 Å². The van der Waals surface area contributed by atoms with E-state index in [0.717, 1.165) is 0 Å². The van der Waals surface area contributed by atoms with Crippen molar-refractivity contribution in [3.63, 3.8) is 0 Å². The van der Waals surface area contributed by atoms with Crippen LogP contribution in [0.1, 0.15) is 17.4 Å². The Hall–Kier alpha value is -2.18.